The number of benzene rings is 3. The van der Waals surface area contributed by atoms with Crippen LogP contribution < -0.4 is 15.4 Å². The van der Waals surface area contributed by atoms with Gasteiger partial charge in [-0.3, -0.25) is 0 Å². The molecule has 0 fully saturated rings. The Balaban J connectivity index is 2.16. The molecule has 3 rings (SSSR count). The number of nitriles is 2. The molecule has 0 saturated carbocycles. The third-order valence-electron chi connectivity index (χ3n) is 4.00. The largest absolute Gasteiger partial charge is 0.497 e. The van der Waals surface area contributed by atoms with Gasteiger partial charge >= 0.3 is 0 Å². The molecule has 0 aromatic heterocycles. The molecule has 0 saturated heterocycles. The summed E-state index contributed by atoms with van der Waals surface area (Å²) >= 11 is 0. The van der Waals surface area contributed by atoms with E-state index in [2.05, 4.69) is 10.6 Å². The second kappa shape index (κ2) is 8.07. The van der Waals surface area contributed by atoms with Gasteiger partial charge in [-0.2, -0.15) is 10.5 Å². The van der Waals surface area contributed by atoms with Crippen molar-refractivity contribution < 1.29 is 13.5 Å². The molecule has 0 unspecified atom stereocenters. The van der Waals surface area contributed by atoms with Crippen molar-refractivity contribution in [3.05, 3.63) is 77.4 Å². The number of para-hydroxylation sites is 1. The van der Waals surface area contributed by atoms with Crippen LogP contribution in [-0.2, 0) is 0 Å². The van der Waals surface area contributed by atoms with Gasteiger partial charge < -0.3 is 15.4 Å². The van der Waals surface area contributed by atoms with Crippen molar-refractivity contribution in [1.29, 1.82) is 10.5 Å². The SMILES string of the molecule is COc1ccc(Nc2c(F)c(C#N)c(C#N)c(F)c2Nc2ccccc2)cc1. The molecule has 0 bridgehead atoms. The van der Waals surface area contributed by atoms with Crippen LogP contribution >= 0.6 is 0 Å². The molecular formula is C21H14F2N4O. The molecule has 28 heavy (non-hydrogen) atoms. The van der Waals surface area contributed by atoms with Crippen LogP contribution in [0.2, 0.25) is 0 Å². The van der Waals surface area contributed by atoms with Crippen LogP contribution in [0.4, 0.5) is 31.5 Å². The molecule has 0 aliphatic rings. The maximum atomic E-state index is 15.0. The minimum Gasteiger partial charge on any atom is -0.497 e. The van der Waals surface area contributed by atoms with Gasteiger partial charge in [0.15, 0.2) is 11.6 Å². The summed E-state index contributed by atoms with van der Waals surface area (Å²) in [7, 11) is 1.51. The predicted octanol–water partition coefficient (Wildman–Crippen LogP) is 5.20. The number of halogens is 2. The van der Waals surface area contributed by atoms with E-state index in [0.717, 1.165) is 0 Å². The van der Waals surface area contributed by atoms with Crippen LogP contribution in [-0.4, -0.2) is 7.11 Å². The Kier molecular flexibility index (Phi) is 5.38. The van der Waals surface area contributed by atoms with E-state index in [1.54, 1.807) is 66.7 Å². The molecule has 0 radical (unpaired) electrons. The summed E-state index contributed by atoms with van der Waals surface area (Å²) in [4.78, 5) is 0. The van der Waals surface area contributed by atoms with Gasteiger partial charge in [-0.05, 0) is 36.4 Å². The van der Waals surface area contributed by atoms with Gasteiger partial charge in [-0.1, -0.05) is 18.2 Å². The van der Waals surface area contributed by atoms with Crippen molar-refractivity contribution in [1.82, 2.24) is 0 Å². The number of nitrogens with zero attached hydrogens (tertiary/aromatic N) is 2. The van der Waals surface area contributed by atoms with E-state index >= 15 is 8.78 Å². The minimum absolute atomic E-state index is 0.268. The fourth-order valence-electron chi connectivity index (χ4n) is 2.62. The van der Waals surface area contributed by atoms with Crippen LogP contribution in [0.25, 0.3) is 0 Å². The first kappa shape index (κ1) is 18.7. The lowest BCUT2D eigenvalue weighted by atomic mass is 10.0. The monoisotopic (exact) mass is 376 g/mol. The highest BCUT2D eigenvalue weighted by Gasteiger charge is 2.25. The Hall–Kier alpha value is -4.10. The third kappa shape index (κ3) is 3.55. The van der Waals surface area contributed by atoms with Gasteiger partial charge in [0, 0.05) is 11.4 Å². The summed E-state index contributed by atoms with van der Waals surface area (Å²) < 4.78 is 35.1. The normalized spacial score (nSPS) is 9.89. The van der Waals surface area contributed by atoms with Crippen molar-refractivity contribution in [2.24, 2.45) is 0 Å². The van der Waals surface area contributed by atoms with Crippen LogP contribution in [0.5, 0.6) is 5.75 Å². The quantitative estimate of drug-likeness (QED) is 0.639. The number of hydrogen-bond acceptors (Lipinski definition) is 5. The van der Waals surface area contributed by atoms with Crippen molar-refractivity contribution in [2.45, 2.75) is 0 Å². The molecule has 2 N–H and O–H groups in total. The van der Waals surface area contributed by atoms with Gasteiger partial charge in [0.25, 0.3) is 0 Å². The van der Waals surface area contributed by atoms with Crippen molar-refractivity contribution in [3.63, 3.8) is 0 Å². The first-order valence-corrected chi connectivity index (χ1v) is 8.17. The number of rotatable bonds is 5. The number of methoxy groups -OCH3 is 1. The second-order valence-electron chi connectivity index (χ2n) is 5.70. The van der Waals surface area contributed by atoms with Crippen LogP contribution in [0.3, 0.4) is 0 Å². The summed E-state index contributed by atoms with van der Waals surface area (Å²) in [5, 5.41) is 24.0. The average molecular weight is 376 g/mol. The Morgan fingerprint density at radius 1 is 0.750 bits per heavy atom. The van der Waals surface area contributed by atoms with E-state index in [0.29, 0.717) is 17.1 Å². The second-order valence-corrected chi connectivity index (χ2v) is 5.70. The Morgan fingerprint density at radius 2 is 1.21 bits per heavy atom. The van der Waals surface area contributed by atoms with Crippen molar-refractivity contribution in [2.75, 3.05) is 17.7 Å². The van der Waals surface area contributed by atoms with E-state index in [1.165, 1.54) is 7.11 Å². The topological polar surface area (TPSA) is 80.9 Å². The molecule has 3 aromatic rings. The van der Waals surface area contributed by atoms with E-state index in [4.69, 9.17) is 4.74 Å². The van der Waals surface area contributed by atoms with Gasteiger partial charge in [0.1, 0.15) is 40.4 Å². The summed E-state index contributed by atoms with van der Waals surface area (Å²) in [5.41, 5.74) is -0.915. The van der Waals surface area contributed by atoms with Gasteiger partial charge in [-0.15, -0.1) is 0 Å². The fourth-order valence-corrected chi connectivity index (χ4v) is 2.62. The first-order chi connectivity index (χ1) is 13.6. The molecule has 138 valence electrons. The number of nitrogens with one attached hydrogen (secondary N) is 2. The zero-order valence-corrected chi connectivity index (χ0v) is 14.8. The number of ether oxygens (including phenoxy) is 1. The molecule has 3 aromatic carbocycles. The highest BCUT2D eigenvalue weighted by Crippen LogP contribution is 2.38. The zero-order valence-electron chi connectivity index (χ0n) is 14.8. The smallest absolute Gasteiger partial charge is 0.168 e. The highest BCUT2D eigenvalue weighted by atomic mass is 19.1. The number of anilines is 4. The lowest BCUT2D eigenvalue weighted by Gasteiger charge is -2.18. The maximum Gasteiger partial charge on any atom is 0.168 e. The number of hydrogen-bond donors (Lipinski definition) is 2. The molecule has 0 atom stereocenters. The predicted molar refractivity (Wildman–Crippen MR) is 102 cm³/mol. The Bertz CT molecular complexity index is 1080. The molecule has 0 amide bonds. The van der Waals surface area contributed by atoms with E-state index in [9.17, 15) is 10.5 Å². The average Bonchev–Trinajstić information content (AvgIpc) is 2.74. The summed E-state index contributed by atoms with van der Waals surface area (Å²) in [6.45, 7) is 0. The minimum atomic E-state index is -1.02. The first-order valence-electron chi connectivity index (χ1n) is 8.17. The van der Waals surface area contributed by atoms with Crippen LogP contribution in [0.1, 0.15) is 11.1 Å². The summed E-state index contributed by atoms with van der Waals surface area (Å²) in [6.07, 6.45) is 0. The van der Waals surface area contributed by atoms with E-state index < -0.39 is 22.8 Å². The molecule has 7 heteroatoms. The Labute approximate surface area is 160 Å². The van der Waals surface area contributed by atoms with E-state index in [1.807, 2.05) is 0 Å². The van der Waals surface area contributed by atoms with Gasteiger partial charge in [-0.25, -0.2) is 8.78 Å². The third-order valence-corrected chi connectivity index (χ3v) is 4.00. The molecule has 0 aliphatic heterocycles. The molecule has 0 spiro atoms. The molecule has 0 aliphatic carbocycles. The summed E-state index contributed by atoms with van der Waals surface area (Å²) in [5.74, 6) is -1.44. The van der Waals surface area contributed by atoms with Crippen molar-refractivity contribution >= 4 is 22.7 Å². The lowest BCUT2D eigenvalue weighted by molar-refractivity contribution is 0.415. The standard InChI is InChI=1S/C21H14F2N4O/c1-28-15-9-7-14(8-10-15)27-21-19(23)17(12-25)16(11-24)18(22)20(21)26-13-5-3-2-4-6-13/h2-10,26-27H,1H3. The van der Waals surface area contributed by atoms with Crippen LogP contribution in [0, 0.1) is 34.3 Å². The Morgan fingerprint density at radius 3 is 1.64 bits per heavy atom. The van der Waals surface area contributed by atoms with Crippen LogP contribution in [0.15, 0.2) is 54.6 Å². The molecule has 5 nitrogen and oxygen atoms in total. The zero-order chi connectivity index (χ0) is 20.1. The maximum absolute atomic E-state index is 15.0. The summed E-state index contributed by atoms with van der Waals surface area (Å²) in [6, 6.07) is 18.2. The highest BCUT2D eigenvalue weighted by molar-refractivity contribution is 5.82. The lowest BCUT2D eigenvalue weighted by Crippen LogP contribution is -2.08. The fraction of sp³-hybridized carbons (Fsp3) is 0.0476. The van der Waals surface area contributed by atoms with E-state index in [-0.39, 0.29) is 11.4 Å². The van der Waals surface area contributed by atoms with Gasteiger partial charge in [0.05, 0.1) is 7.11 Å². The molecule has 0 heterocycles. The van der Waals surface area contributed by atoms with Crippen molar-refractivity contribution in [3.8, 4) is 17.9 Å². The molecular weight excluding hydrogens is 362 g/mol. The van der Waals surface area contributed by atoms with Gasteiger partial charge in [0.2, 0.25) is 0 Å².